The standard InChI is InChI=1S/C13H20N4O/c1-5-10(12(14)13(18)16(2)3)11-9-17(4)8-6-7-15-11/h1H,6-9,14H2,2-4H3/b12-10-. The van der Waals surface area contributed by atoms with Crippen LogP contribution in [0.4, 0.5) is 0 Å². The minimum Gasteiger partial charge on any atom is -0.393 e. The van der Waals surface area contributed by atoms with Gasteiger partial charge in [-0.3, -0.25) is 9.79 Å². The minimum atomic E-state index is -0.280. The molecule has 1 aliphatic rings. The quantitative estimate of drug-likeness (QED) is 0.539. The predicted octanol–water partition coefficient (Wildman–Crippen LogP) is -0.303. The third-order valence-corrected chi connectivity index (χ3v) is 2.76. The molecule has 0 aliphatic carbocycles. The number of rotatable bonds is 2. The molecule has 98 valence electrons. The molecule has 0 aromatic heterocycles. The third kappa shape index (κ3) is 3.34. The number of aliphatic imine (C=N–C) groups is 1. The maximum atomic E-state index is 11.8. The molecule has 1 rings (SSSR count). The summed E-state index contributed by atoms with van der Waals surface area (Å²) in [4.78, 5) is 19.8. The lowest BCUT2D eigenvalue weighted by molar-refractivity contribution is -0.124. The lowest BCUT2D eigenvalue weighted by atomic mass is 10.1. The number of terminal acetylenes is 1. The Labute approximate surface area is 108 Å². The van der Waals surface area contributed by atoms with Gasteiger partial charge in [-0.2, -0.15) is 0 Å². The van der Waals surface area contributed by atoms with Crippen LogP contribution < -0.4 is 5.73 Å². The molecular formula is C13H20N4O. The van der Waals surface area contributed by atoms with Crippen LogP contribution in [0.2, 0.25) is 0 Å². The second kappa shape index (κ2) is 6.22. The molecule has 2 N–H and O–H groups in total. The van der Waals surface area contributed by atoms with E-state index in [1.54, 1.807) is 14.1 Å². The van der Waals surface area contributed by atoms with E-state index in [9.17, 15) is 4.79 Å². The highest BCUT2D eigenvalue weighted by atomic mass is 16.2. The molecule has 0 unspecified atom stereocenters. The number of nitrogens with two attached hydrogens (primary N) is 1. The first-order valence-corrected chi connectivity index (χ1v) is 5.87. The van der Waals surface area contributed by atoms with Gasteiger partial charge in [-0.1, -0.05) is 5.92 Å². The lowest BCUT2D eigenvalue weighted by Crippen LogP contribution is -2.32. The van der Waals surface area contributed by atoms with Crippen molar-refractivity contribution in [3.8, 4) is 12.3 Å². The van der Waals surface area contributed by atoms with Crippen LogP contribution in [0, 0.1) is 12.3 Å². The normalized spacial score (nSPS) is 18.2. The second-order valence-electron chi connectivity index (χ2n) is 4.55. The van der Waals surface area contributed by atoms with E-state index in [2.05, 4.69) is 15.8 Å². The van der Waals surface area contributed by atoms with Crippen molar-refractivity contribution in [1.29, 1.82) is 0 Å². The van der Waals surface area contributed by atoms with Gasteiger partial charge in [0, 0.05) is 33.7 Å². The van der Waals surface area contributed by atoms with E-state index in [1.807, 2.05) is 7.05 Å². The Hall–Kier alpha value is -1.80. The van der Waals surface area contributed by atoms with Crippen molar-refractivity contribution in [2.75, 3.05) is 40.8 Å². The summed E-state index contributed by atoms with van der Waals surface area (Å²) < 4.78 is 0. The van der Waals surface area contributed by atoms with Crippen molar-refractivity contribution in [3.63, 3.8) is 0 Å². The van der Waals surface area contributed by atoms with Gasteiger partial charge < -0.3 is 15.5 Å². The largest absolute Gasteiger partial charge is 0.393 e. The van der Waals surface area contributed by atoms with E-state index in [4.69, 9.17) is 12.2 Å². The van der Waals surface area contributed by atoms with Crippen LogP contribution in [0.5, 0.6) is 0 Å². The van der Waals surface area contributed by atoms with E-state index < -0.39 is 0 Å². The third-order valence-electron chi connectivity index (χ3n) is 2.76. The first-order chi connectivity index (χ1) is 8.47. The average molecular weight is 248 g/mol. The van der Waals surface area contributed by atoms with Gasteiger partial charge >= 0.3 is 0 Å². The zero-order chi connectivity index (χ0) is 13.7. The van der Waals surface area contributed by atoms with Crippen LogP contribution in [0.3, 0.4) is 0 Å². The number of carbonyl (C=O) groups excluding carboxylic acids is 1. The zero-order valence-electron chi connectivity index (χ0n) is 11.2. The summed E-state index contributed by atoms with van der Waals surface area (Å²) in [6.45, 7) is 2.31. The maximum Gasteiger partial charge on any atom is 0.270 e. The first-order valence-electron chi connectivity index (χ1n) is 5.87. The van der Waals surface area contributed by atoms with Gasteiger partial charge in [0.25, 0.3) is 5.91 Å². The van der Waals surface area contributed by atoms with Crippen LogP contribution in [0.1, 0.15) is 6.42 Å². The molecule has 5 heteroatoms. The van der Waals surface area contributed by atoms with Crippen molar-refractivity contribution in [2.45, 2.75) is 6.42 Å². The molecular weight excluding hydrogens is 228 g/mol. The molecule has 0 atom stereocenters. The van der Waals surface area contributed by atoms with Gasteiger partial charge in [-0.15, -0.1) is 6.42 Å². The number of likely N-dealkylation sites (N-methyl/N-ethyl adjacent to an activating group) is 1. The lowest BCUT2D eigenvalue weighted by Gasteiger charge is -2.16. The maximum absolute atomic E-state index is 11.8. The molecule has 0 radical (unpaired) electrons. The summed E-state index contributed by atoms with van der Waals surface area (Å²) in [6, 6.07) is 0. The van der Waals surface area contributed by atoms with Crippen LogP contribution in [0.15, 0.2) is 16.3 Å². The molecule has 1 amide bonds. The van der Waals surface area contributed by atoms with Gasteiger partial charge in [-0.25, -0.2) is 0 Å². The van der Waals surface area contributed by atoms with Gasteiger partial charge in [0.15, 0.2) is 0 Å². The fraction of sp³-hybridized carbons (Fsp3) is 0.538. The van der Waals surface area contributed by atoms with E-state index in [1.165, 1.54) is 4.90 Å². The van der Waals surface area contributed by atoms with Crippen LogP contribution in [0.25, 0.3) is 0 Å². The second-order valence-corrected chi connectivity index (χ2v) is 4.55. The van der Waals surface area contributed by atoms with Crippen molar-refractivity contribution in [2.24, 2.45) is 10.7 Å². The zero-order valence-corrected chi connectivity index (χ0v) is 11.2. The van der Waals surface area contributed by atoms with Gasteiger partial charge in [0.05, 0.1) is 11.3 Å². The predicted molar refractivity (Wildman–Crippen MR) is 73.2 cm³/mol. The van der Waals surface area contributed by atoms with E-state index in [0.29, 0.717) is 18.7 Å². The van der Waals surface area contributed by atoms with E-state index in [-0.39, 0.29) is 11.6 Å². The SMILES string of the molecule is C#C/C(C1=NCCCN(C)C1)=C(/N)C(=O)N(C)C. The van der Waals surface area contributed by atoms with Gasteiger partial charge in [0.1, 0.15) is 5.70 Å². The summed E-state index contributed by atoms with van der Waals surface area (Å²) >= 11 is 0. The van der Waals surface area contributed by atoms with Crippen molar-refractivity contribution >= 4 is 11.6 Å². The number of amides is 1. The van der Waals surface area contributed by atoms with Crippen LogP contribution in [-0.4, -0.2) is 62.2 Å². The number of hydrogen-bond donors (Lipinski definition) is 1. The Morgan fingerprint density at radius 1 is 1.56 bits per heavy atom. The molecule has 0 aromatic carbocycles. The number of nitrogens with zero attached hydrogens (tertiary/aromatic N) is 3. The fourth-order valence-electron chi connectivity index (χ4n) is 1.76. The Balaban J connectivity index is 3.09. The summed E-state index contributed by atoms with van der Waals surface area (Å²) in [7, 11) is 5.29. The minimum absolute atomic E-state index is 0.0940. The first kappa shape index (κ1) is 14.3. The highest BCUT2D eigenvalue weighted by molar-refractivity contribution is 6.11. The van der Waals surface area contributed by atoms with Crippen molar-refractivity contribution in [3.05, 3.63) is 11.3 Å². The fourth-order valence-corrected chi connectivity index (χ4v) is 1.76. The molecule has 0 aromatic rings. The highest BCUT2D eigenvalue weighted by Gasteiger charge is 2.19. The molecule has 0 saturated carbocycles. The van der Waals surface area contributed by atoms with E-state index >= 15 is 0 Å². The summed E-state index contributed by atoms with van der Waals surface area (Å²) in [5.41, 5.74) is 7.09. The molecule has 0 bridgehead atoms. The highest BCUT2D eigenvalue weighted by Crippen LogP contribution is 2.08. The molecule has 0 spiro atoms. The number of hydrogen-bond acceptors (Lipinski definition) is 4. The van der Waals surface area contributed by atoms with Gasteiger partial charge in [0.2, 0.25) is 0 Å². The molecule has 5 nitrogen and oxygen atoms in total. The molecule has 18 heavy (non-hydrogen) atoms. The average Bonchev–Trinajstić information content (AvgIpc) is 2.53. The summed E-state index contributed by atoms with van der Waals surface area (Å²) in [5.74, 6) is 2.23. The van der Waals surface area contributed by atoms with E-state index in [0.717, 1.165) is 18.7 Å². The van der Waals surface area contributed by atoms with Crippen LogP contribution in [-0.2, 0) is 4.79 Å². The summed E-state index contributed by atoms with van der Waals surface area (Å²) in [6.07, 6.45) is 6.47. The van der Waals surface area contributed by atoms with Crippen molar-refractivity contribution < 1.29 is 4.79 Å². The molecule has 0 fully saturated rings. The molecule has 0 saturated heterocycles. The van der Waals surface area contributed by atoms with Crippen LogP contribution >= 0.6 is 0 Å². The summed E-state index contributed by atoms with van der Waals surface area (Å²) in [5, 5.41) is 0. The van der Waals surface area contributed by atoms with Gasteiger partial charge in [-0.05, 0) is 13.5 Å². The molecule has 1 heterocycles. The topological polar surface area (TPSA) is 61.9 Å². The number of carbonyl (C=O) groups is 1. The molecule has 1 aliphatic heterocycles. The Kier molecular flexibility index (Phi) is 4.93. The van der Waals surface area contributed by atoms with Crippen molar-refractivity contribution in [1.82, 2.24) is 9.80 Å². The Bertz CT molecular complexity index is 429. The smallest absolute Gasteiger partial charge is 0.270 e. The Morgan fingerprint density at radius 2 is 2.22 bits per heavy atom. The monoisotopic (exact) mass is 248 g/mol. The Morgan fingerprint density at radius 3 is 2.78 bits per heavy atom.